The maximum atomic E-state index is 13.8. The summed E-state index contributed by atoms with van der Waals surface area (Å²) in [5.74, 6) is -0.393. The van der Waals surface area contributed by atoms with Crippen LogP contribution in [0.15, 0.2) is 124 Å². The van der Waals surface area contributed by atoms with Gasteiger partial charge in [0.1, 0.15) is 22.4 Å². The average molecular weight is 684 g/mol. The van der Waals surface area contributed by atoms with Crippen LogP contribution >= 0.6 is 34.7 Å². The molecule has 0 spiro atoms. The van der Waals surface area contributed by atoms with Crippen LogP contribution in [0.4, 0.5) is 11.4 Å². The Morgan fingerprint density at radius 2 is 1.55 bits per heavy atom. The number of nitrogens with one attached hydrogen (secondary N) is 3. The molecule has 4 aromatic carbocycles. The molecular formula is C36H30ClN3O5S2. The molecule has 0 saturated heterocycles. The zero-order valence-corrected chi connectivity index (χ0v) is 27.7. The lowest BCUT2D eigenvalue weighted by atomic mass is 10.1. The van der Waals surface area contributed by atoms with E-state index in [0.717, 1.165) is 16.0 Å². The summed E-state index contributed by atoms with van der Waals surface area (Å²) < 4.78 is 10.7. The molecule has 8 nitrogen and oxygen atoms in total. The van der Waals surface area contributed by atoms with Crippen molar-refractivity contribution >= 4 is 69.9 Å². The van der Waals surface area contributed by atoms with Gasteiger partial charge in [-0.3, -0.25) is 14.4 Å². The van der Waals surface area contributed by atoms with Crippen LogP contribution in [0, 0.1) is 0 Å². The van der Waals surface area contributed by atoms with Gasteiger partial charge in [-0.05, 0) is 70.4 Å². The van der Waals surface area contributed by atoms with E-state index < -0.39 is 17.1 Å². The Hall–Kier alpha value is -5.03. The third-order valence-corrected chi connectivity index (χ3v) is 9.05. The lowest BCUT2D eigenvalue weighted by molar-refractivity contribution is -0.116. The molecule has 0 aliphatic rings. The minimum Gasteiger partial charge on any atom is -0.495 e. The SMILES string of the molecule is COc1cc(OC)c(NC(=O)C(Sc2cccc(NC(=O)/C(=C/c3ccsc3)NC(=O)c3ccccc3)c2)c2ccccc2)cc1Cl. The van der Waals surface area contributed by atoms with Gasteiger partial charge in [-0.25, -0.2) is 0 Å². The summed E-state index contributed by atoms with van der Waals surface area (Å²) in [5, 5.41) is 12.0. The van der Waals surface area contributed by atoms with Gasteiger partial charge in [0, 0.05) is 22.2 Å². The summed E-state index contributed by atoms with van der Waals surface area (Å²) in [6.07, 6.45) is 1.63. The number of hydrogen-bond acceptors (Lipinski definition) is 7. The first-order valence-electron chi connectivity index (χ1n) is 14.3. The van der Waals surface area contributed by atoms with E-state index in [9.17, 15) is 14.4 Å². The number of thioether (sulfide) groups is 1. The summed E-state index contributed by atoms with van der Waals surface area (Å²) in [5.41, 5.74) is 2.95. The van der Waals surface area contributed by atoms with Crippen molar-refractivity contribution in [3.8, 4) is 11.5 Å². The zero-order chi connectivity index (χ0) is 33.2. The highest BCUT2D eigenvalue weighted by molar-refractivity contribution is 8.00. The highest BCUT2D eigenvalue weighted by atomic mass is 35.5. The van der Waals surface area contributed by atoms with E-state index in [4.69, 9.17) is 21.1 Å². The summed E-state index contributed by atoms with van der Waals surface area (Å²) in [7, 11) is 2.99. The molecule has 0 saturated carbocycles. The van der Waals surface area contributed by atoms with Crippen LogP contribution in [-0.2, 0) is 9.59 Å². The van der Waals surface area contributed by atoms with Gasteiger partial charge in [0.15, 0.2) is 0 Å². The quantitative estimate of drug-likeness (QED) is 0.0903. The highest BCUT2D eigenvalue weighted by Gasteiger charge is 2.24. The second kappa shape index (κ2) is 16.0. The average Bonchev–Trinajstić information content (AvgIpc) is 3.61. The summed E-state index contributed by atoms with van der Waals surface area (Å²) in [6.45, 7) is 0. The third-order valence-electron chi connectivity index (χ3n) is 6.80. The minimum absolute atomic E-state index is 0.0870. The van der Waals surface area contributed by atoms with Gasteiger partial charge < -0.3 is 25.4 Å². The Bertz CT molecular complexity index is 1880. The van der Waals surface area contributed by atoms with Crippen molar-refractivity contribution in [3.63, 3.8) is 0 Å². The van der Waals surface area contributed by atoms with Crippen LogP contribution in [0.3, 0.4) is 0 Å². The van der Waals surface area contributed by atoms with Gasteiger partial charge in [-0.1, -0.05) is 66.2 Å². The number of ether oxygens (including phenoxy) is 2. The van der Waals surface area contributed by atoms with E-state index in [0.29, 0.717) is 33.5 Å². The molecule has 5 rings (SSSR count). The number of halogens is 1. The first-order chi connectivity index (χ1) is 22.8. The largest absolute Gasteiger partial charge is 0.495 e. The summed E-state index contributed by atoms with van der Waals surface area (Å²) in [6, 6.07) is 30.2. The van der Waals surface area contributed by atoms with E-state index in [1.54, 1.807) is 60.7 Å². The van der Waals surface area contributed by atoms with Gasteiger partial charge in [0.25, 0.3) is 11.8 Å². The number of methoxy groups -OCH3 is 2. The summed E-state index contributed by atoms with van der Waals surface area (Å²) >= 11 is 9.14. The van der Waals surface area contributed by atoms with Crippen molar-refractivity contribution in [2.75, 3.05) is 24.9 Å². The predicted octanol–water partition coefficient (Wildman–Crippen LogP) is 8.30. The molecule has 0 fully saturated rings. The van der Waals surface area contributed by atoms with Gasteiger partial charge in [0.2, 0.25) is 5.91 Å². The van der Waals surface area contributed by atoms with Crippen LogP contribution < -0.4 is 25.4 Å². The molecule has 3 amide bonds. The smallest absolute Gasteiger partial charge is 0.272 e. The molecular weight excluding hydrogens is 654 g/mol. The molecule has 11 heteroatoms. The van der Waals surface area contributed by atoms with Crippen LogP contribution in [0.25, 0.3) is 6.08 Å². The monoisotopic (exact) mass is 683 g/mol. The van der Waals surface area contributed by atoms with Crippen LogP contribution in [0.5, 0.6) is 11.5 Å². The lowest BCUT2D eigenvalue weighted by Gasteiger charge is -2.19. The first kappa shape index (κ1) is 33.3. The third kappa shape index (κ3) is 8.82. The molecule has 238 valence electrons. The van der Waals surface area contributed by atoms with Crippen molar-refractivity contribution in [3.05, 3.63) is 141 Å². The van der Waals surface area contributed by atoms with Crippen LogP contribution in [0.1, 0.15) is 26.7 Å². The van der Waals surface area contributed by atoms with E-state index >= 15 is 0 Å². The lowest BCUT2D eigenvalue weighted by Crippen LogP contribution is -2.30. The van der Waals surface area contributed by atoms with Crippen molar-refractivity contribution in [1.29, 1.82) is 0 Å². The van der Waals surface area contributed by atoms with Gasteiger partial charge in [0.05, 0.1) is 24.9 Å². The molecule has 0 aliphatic heterocycles. The normalized spacial score (nSPS) is 11.7. The second-order valence-electron chi connectivity index (χ2n) is 10.0. The number of rotatable bonds is 12. The van der Waals surface area contributed by atoms with Crippen molar-refractivity contribution in [1.82, 2.24) is 5.32 Å². The Kier molecular flexibility index (Phi) is 11.3. The van der Waals surface area contributed by atoms with Gasteiger partial charge in [-0.15, -0.1) is 11.8 Å². The fourth-order valence-electron chi connectivity index (χ4n) is 4.50. The minimum atomic E-state index is -0.674. The number of amides is 3. The van der Waals surface area contributed by atoms with E-state index in [1.807, 2.05) is 59.3 Å². The van der Waals surface area contributed by atoms with Gasteiger partial charge in [-0.2, -0.15) is 11.3 Å². The van der Waals surface area contributed by atoms with Gasteiger partial charge >= 0.3 is 0 Å². The molecule has 0 bridgehead atoms. The fourth-order valence-corrected chi connectivity index (χ4v) is 6.45. The van der Waals surface area contributed by atoms with Crippen molar-refractivity contribution < 1.29 is 23.9 Å². The molecule has 1 unspecified atom stereocenters. The Balaban J connectivity index is 1.37. The molecule has 0 aliphatic carbocycles. The van der Waals surface area contributed by atoms with Crippen molar-refractivity contribution in [2.45, 2.75) is 10.1 Å². The van der Waals surface area contributed by atoms with E-state index in [1.165, 1.54) is 37.3 Å². The number of carbonyl (C=O) groups excluding carboxylic acids is 3. The number of benzene rings is 4. The van der Waals surface area contributed by atoms with E-state index in [2.05, 4.69) is 16.0 Å². The van der Waals surface area contributed by atoms with Crippen molar-refractivity contribution in [2.24, 2.45) is 0 Å². The summed E-state index contributed by atoms with van der Waals surface area (Å²) in [4.78, 5) is 41.0. The fraction of sp³-hybridized carbons (Fsp3) is 0.0833. The number of anilines is 2. The maximum Gasteiger partial charge on any atom is 0.272 e. The molecule has 1 atom stereocenters. The number of hydrogen-bond donors (Lipinski definition) is 3. The Morgan fingerprint density at radius 3 is 2.23 bits per heavy atom. The van der Waals surface area contributed by atoms with E-state index in [-0.39, 0.29) is 11.6 Å². The Labute approximate surface area is 285 Å². The molecule has 5 aromatic rings. The molecule has 47 heavy (non-hydrogen) atoms. The topological polar surface area (TPSA) is 106 Å². The predicted molar refractivity (Wildman–Crippen MR) is 190 cm³/mol. The second-order valence-corrected chi connectivity index (χ2v) is 12.4. The number of thiophene rings is 1. The zero-order valence-electron chi connectivity index (χ0n) is 25.4. The first-order valence-corrected chi connectivity index (χ1v) is 16.5. The Morgan fingerprint density at radius 1 is 0.830 bits per heavy atom. The molecule has 0 radical (unpaired) electrons. The molecule has 3 N–H and O–H groups in total. The maximum absolute atomic E-state index is 13.8. The van der Waals surface area contributed by atoms with Crippen LogP contribution in [0.2, 0.25) is 5.02 Å². The van der Waals surface area contributed by atoms with Crippen LogP contribution in [-0.4, -0.2) is 31.9 Å². The standard InChI is InChI=1S/C36H30ClN3O5S2/c1-44-31-21-32(45-2)29(20-28(31)37)39-36(43)33(24-10-5-3-6-11-24)47-27-15-9-14-26(19-27)38-35(42)30(18-23-16-17-46-22-23)40-34(41)25-12-7-4-8-13-25/h3-22,33H,1-2H3,(H,38,42)(H,39,43)(H,40,41)/b30-18-. The molecule has 1 aromatic heterocycles. The molecule has 1 heterocycles. The highest BCUT2D eigenvalue weighted by Crippen LogP contribution is 2.40. The number of carbonyl (C=O) groups is 3.